The zero-order valence-electron chi connectivity index (χ0n) is 21.5. The number of nitrogens with zero attached hydrogens (tertiary/aromatic N) is 3. The van der Waals surface area contributed by atoms with Crippen LogP contribution in [-0.2, 0) is 16.1 Å². The highest BCUT2D eigenvalue weighted by atomic mass is 19.1. The van der Waals surface area contributed by atoms with Crippen LogP contribution in [0, 0.1) is 23.1 Å². The van der Waals surface area contributed by atoms with E-state index in [9.17, 15) is 18.8 Å². The van der Waals surface area contributed by atoms with Gasteiger partial charge in [0.05, 0.1) is 11.6 Å². The molecule has 2 aromatic carbocycles. The van der Waals surface area contributed by atoms with Crippen molar-refractivity contribution >= 4 is 17.7 Å². The number of likely N-dealkylation sites (tertiary alicyclic amines) is 1. The molecule has 3 amide bonds. The summed E-state index contributed by atoms with van der Waals surface area (Å²) in [6, 6.07) is 12.5. The van der Waals surface area contributed by atoms with Crippen LogP contribution >= 0.6 is 0 Å². The lowest BCUT2D eigenvalue weighted by Gasteiger charge is -2.53. The van der Waals surface area contributed by atoms with Crippen molar-refractivity contribution in [3.8, 4) is 11.8 Å². The maximum Gasteiger partial charge on any atom is 0.255 e. The smallest absolute Gasteiger partial charge is 0.255 e. The summed E-state index contributed by atoms with van der Waals surface area (Å²) in [5, 5.41) is 11.4. The number of nitriles is 1. The van der Waals surface area contributed by atoms with Gasteiger partial charge in [-0.3, -0.25) is 24.6 Å². The van der Waals surface area contributed by atoms with E-state index >= 15 is 0 Å². The number of nitrogens with one attached hydrogen (secondary N) is 1. The molecular weight excluding hydrogens is 499 g/mol. The second-order valence-corrected chi connectivity index (χ2v) is 11.7. The van der Waals surface area contributed by atoms with Gasteiger partial charge in [0.1, 0.15) is 23.2 Å². The predicted molar refractivity (Wildman–Crippen MR) is 137 cm³/mol. The number of hydrogen-bond donors (Lipinski definition) is 1. The lowest BCUT2D eigenvalue weighted by Crippen LogP contribution is -2.73. The molecule has 0 radical (unpaired) electrons. The van der Waals surface area contributed by atoms with Crippen molar-refractivity contribution in [1.29, 1.82) is 5.26 Å². The van der Waals surface area contributed by atoms with Gasteiger partial charge in [0, 0.05) is 43.1 Å². The quantitative estimate of drug-likeness (QED) is 0.598. The van der Waals surface area contributed by atoms with Crippen molar-refractivity contribution < 1.29 is 23.5 Å². The number of benzene rings is 2. The van der Waals surface area contributed by atoms with Crippen molar-refractivity contribution in [2.24, 2.45) is 5.92 Å². The Labute approximate surface area is 225 Å². The van der Waals surface area contributed by atoms with E-state index in [0.29, 0.717) is 41.8 Å². The summed E-state index contributed by atoms with van der Waals surface area (Å²) >= 11 is 0. The summed E-state index contributed by atoms with van der Waals surface area (Å²) in [6.07, 6.45) is 4.94. The molecule has 1 unspecified atom stereocenters. The first-order valence-electron chi connectivity index (χ1n) is 13.8. The monoisotopic (exact) mass is 528 g/mol. The number of fused-ring (bicyclic) bond motifs is 3. The van der Waals surface area contributed by atoms with Crippen molar-refractivity contribution in [3.63, 3.8) is 0 Å². The van der Waals surface area contributed by atoms with Gasteiger partial charge in [0.25, 0.3) is 11.8 Å². The van der Waals surface area contributed by atoms with Crippen LogP contribution in [0.2, 0.25) is 0 Å². The number of carbonyl (C=O) groups is 3. The minimum absolute atomic E-state index is 0.00196. The molecule has 4 heterocycles. The maximum absolute atomic E-state index is 14.5. The standard InChI is InChI=1S/C30H29FN4O4/c31-24-9-17(13-32)5-7-22(24)20-14-34(15-20)25-3-1-2-4-26(25)39-21-6-8-23-18(10-21)16-35(28(23)37)30-11-19(12-30)27(36)33-29(30)38/h5-10,19-20,25-26H,1-4,11-12,14-16H2,(H,33,36,38)/t19?,25?,26-,30?/m0/s1. The average Bonchev–Trinajstić information content (AvgIpc) is 3.20. The Morgan fingerprint density at radius 3 is 2.56 bits per heavy atom. The molecule has 4 aliphatic heterocycles. The van der Waals surface area contributed by atoms with E-state index in [-0.39, 0.29) is 47.5 Å². The van der Waals surface area contributed by atoms with E-state index in [4.69, 9.17) is 10.00 Å². The van der Waals surface area contributed by atoms with Gasteiger partial charge in [-0.1, -0.05) is 12.5 Å². The first-order chi connectivity index (χ1) is 18.9. The Morgan fingerprint density at radius 2 is 1.82 bits per heavy atom. The molecule has 0 spiro atoms. The summed E-state index contributed by atoms with van der Waals surface area (Å²) in [4.78, 5) is 41.8. The van der Waals surface area contributed by atoms with Gasteiger partial charge in [-0.2, -0.15) is 5.26 Å². The molecule has 2 saturated carbocycles. The fourth-order valence-corrected chi connectivity index (χ4v) is 7.23. The number of rotatable bonds is 5. The van der Waals surface area contributed by atoms with Gasteiger partial charge < -0.3 is 9.64 Å². The molecule has 3 saturated heterocycles. The van der Waals surface area contributed by atoms with E-state index in [2.05, 4.69) is 10.2 Å². The van der Waals surface area contributed by atoms with E-state index in [0.717, 1.165) is 44.3 Å². The molecular formula is C30H29FN4O4. The van der Waals surface area contributed by atoms with Crippen LogP contribution in [0.3, 0.4) is 0 Å². The highest BCUT2D eigenvalue weighted by Gasteiger charge is 2.63. The SMILES string of the molecule is N#Cc1ccc(C2CN(C3CCCC[C@@H]3Oc3ccc4c(c3)CN(C35CC(C3)C(=O)NC5=O)C4=O)C2)c(F)c1. The van der Waals surface area contributed by atoms with Crippen molar-refractivity contribution in [3.05, 3.63) is 64.5 Å². The van der Waals surface area contributed by atoms with Crippen LogP contribution in [0.4, 0.5) is 4.39 Å². The number of carbonyl (C=O) groups excluding carboxylic acids is 3. The molecule has 1 N–H and O–H groups in total. The van der Waals surface area contributed by atoms with Gasteiger partial charge >= 0.3 is 0 Å². The number of imide groups is 1. The largest absolute Gasteiger partial charge is 0.489 e. The topological polar surface area (TPSA) is 103 Å². The number of ether oxygens (including phenoxy) is 1. The third-order valence-electron chi connectivity index (χ3n) is 9.50. The van der Waals surface area contributed by atoms with Gasteiger partial charge in [-0.25, -0.2) is 4.39 Å². The molecule has 2 aromatic rings. The van der Waals surface area contributed by atoms with Crippen LogP contribution in [0.5, 0.6) is 5.75 Å². The fourth-order valence-electron chi connectivity index (χ4n) is 7.23. The summed E-state index contributed by atoms with van der Waals surface area (Å²) in [5.41, 5.74) is 1.50. The van der Waals surface area contributed by atoms with Crippen molar-refractivity contribution in [2.75, 3.05) is 13.1 Å². The highest BCUT2D eigenvalue weighted by molar-refractivity contribution is 6.10. The third-order valence-corrected chi connectivity index (χ3v) is 9.50. The molecule has 9 heteroatoms. The molecule has 6 aliphatic rings. The minimum atomic E-state index is -0.924. The number of hydrogen-bond acceptors (Lipinski definition) is 6. The van der Waals surface area contributed by atoms with E-state index in [1.165, 1.54) is 6.07 Å². The third kappa shape index (κ3) is 3.76. The molecule has 39 heavy (non-hydrogen) atoms. The maximum atomic E-state index is 14.5. The lowest BCUT2D eigenvalue weighted by molar-refractivity contribution is -0.160. The number of amides is 3. The molecule has 2 aliphatic carbocycles. The first-order valence-corrected chi connectivity index (χ1v) is 13.8. The molecule has 8 rings (SSSR count). The lowest BCUT2D eigenvalue weighted by atomic mass is 9.63. The van der Waals surface area contributed by atoms with Crippen LogP contribution in [0.15, 0.2) is 36.4 Å². The van der Waals surface area contributed by atoms with Crippen LogP contribution in [0.1, 0.15) is 71.5 Å². The van der Waals surface area contributed by atoms with Crippen LogP contribution in [0.25, 0.3) is 0 Å². The second-order valence-electron chi connectivity index (χ2n) is 11.7. The number of halogens is 1. The number of piperidine rings is 2. The molecule has 5 fully saturated rings. The van der Waals surface area contributed by atoms with E-state index < -0.39 is 5.54 Å². The summed E-state index contributed by atoms with van der Waals surface area (Å²) in [6.45, 7) is 1.85. The van der Waals surface area contributed by atoms with Gasteiger partial charge in [0.15, 0.2) is 0 Å². The Balaban J connectivity index is 1.03. The van der Waals surface area contributed by atoms with Crippen molar-refractivity contribution in [1.82, 2.24) is 15.1 Å². The Kier molecular flexibility index (Phi) is 5.53. The highest BCUT2D eigenvalue weighted by Crippen LogP contribution is 2.49. The van der Waals surface area contributed by atoms with Gasteiger partial charge in [-0.05, 0) is 73.6 Å². The summed E-state index contributed by atoms with van der Waals surface area (Å²) in [7, 11) is 0. The van der Waals surface area contributed by atoms with Crippen LogP contribution < -0.4 is 10.1 Å². The first kappa shape index (κ1) is 24.3. The van der Waals surface area contributed by atoms with Crippen LogP contribution in [-0.4, -0.2) is 58.3 Å². The van der Waals surface area contributed by atoms with E-state index in [1.54, 1.807) is 23.1 Å². The Bertz CT molecular complexity index is 1440. The fraction of sp³-hybridized carbons (Fsp3) is 0.467. The molecule has 200 valence electrons. The Morgan fingerprint density at radius 1 is 1.03 bits per heavy atom. The predicted octanol–water partition coefficient (Wildman–Crippen LogP) is 3.25. The molecule has 0 aromatic heterocycles. The normalized spacial score (nSPS) is 30.2. The second kappa shape index (κ2) is 8.88. The minimum Gasteiger partial charge on any atom is -0.489 e. The zero-order chi connectivity index (χ0) is 26.9. The Hall–Kier alpha value is -3.77. The van der Waals surface area contributed by atoms with Gasteiger partial charge in [-0.15, -0.1) is 0 Å². The zero-order valence-corrected chi connectivity index (χ0v) is 21.5. The molecule has 2 bridgehead atoms. The summed E-state index contributed by atoms with van der Waals surface area (Å²) in [5.74, 6) is -0.470. The van der Waals surface area contributed by atoms with Crippen molar-refractivity contribution in [2.45, 2.75) is 68.7 Å². The average molecular weight is 529 g/mol. The van der Waals surface area contributed by atoms with Gasteiger partial charge in [0.2, 0.25) is 5.91 Å². The molecule has 2 atom stereocenters. The molecule has 8 nitrogen and oxygen atoms in total. The van der Waals surface area contributed by atoms with E-state index in [1.807, 2.05) is 18.2 Å². The summed E-state index contributed by atoms with van der Waals surface area (Å²) < 4.78 is 21.1.